The topological polar surface area (TPSA) is 61.4 Å². The summed E-state index contributed by atoms with van der Waals surface area (Å²) in [6.45, 7) is 6.04. The second-order valence-electron chi connectivity index (χ2n) is 7.64. The summed E-state index contributed by atoms with van der Waals surface area (Å²) >= 11 is 6.50. The number of nitrogens with one attached hydrogen (secondary N) is 1. The normalized spacial score (nSPS) is 13.9. The summed E-state index contributed by atoms with van der Waals surface area (Å²) in [7, 11) is 0. The van der Waals surface area contributed by atoms with E-state index in [9.17, 15) is 4.79 Å². The molecule has 0 spiro atoms. The summed E-state index contributed by atoms with van der Waals surface area (Å²) in [6, 6.07) is 14.0. The number of rotatable bonds is 6. The van der Waals surface area contributed by atoms with Gasteiger partial charge >= 0.3 is 0 Å². The zero-order valence-corrected chi connectivity index (χ0v) is 18.3. The van der Waals surface area contributed by atoms with Crippen molar-refractivity contribution in [1.29, 1.82) is 0 Å². The molecule has 0 aliphatic carbocycles. The molecule has 1 N–H and O–H groups in total. The van der Waals surface area contributed by atoms with Crippen LogP contribution in [0.4, 0.5) is 11.5 Å². The number of carbonyl (C=O) groups excluding carboxylic acids is 1. The van der Waals surface area contributed by atoms with Crippen LogP contribution in [-0.2, 0) is 6.42 Å². The van der Waals surface area contributed by atoms with Gasteiger partial charge in [-0.15, -0.1) is 0 Å². The van der Waals surface area contributed by atoms with Crippen LogP contribution in [-0.4, -0.2) is 48.6 Å². The number of aryl methyl sites for hydroxylation is 1. The number of piperazine rings is 1. The molecule has 1 amide bonds. The third-order valence-corrected chi connectivity index (χ3v) is 5.91. The van der Waals surface area contributed by atoms with E-state index in [0.717, 1.165) is 38.4 Å². The van der Waals surface area contributed by atoms with Crippen LogP contribution in [0.2, 0.25) is 5.02 Å². The number of hydrogen-bond acceptors (Lipinski definition) is 5. The van der Waals surface area contributed by atoms with Crippen molar-refractivity contribution in [2.45, 2.75) is 13.3 Å². The molecule has 0 radical (unpaired) electrons. The Morgan fingerprint density at radius 1 is 1.06 bits per heavy atom. The minimum absolute atomic E-state index is 0.156. The lowest BCUT2D eigenvalue weighted by molar-refractivity contribution is 0.0954. The summed E-state index contributed by atoms with van der Waals surface area (Å²) in [6.07, 6.45) is 6.02. The average Bonchev–Trinajstić information content (AvgIpc) is 2.81. The summed E-state index contributed by atoms with van der Waals surface area (Å²) in [4.78, 5) is 25.6. The molecule has 160 valence electrons. The molecule has 0 bridgehead atoms. The SMILES string of the molecule is Cc1ccccc1CCNC(=O)c1cnc(N2CCN(c3ccncc3)CC2)c(Cl)c1. The van der Waals surface area contributed by atoms with E-state index in [4.69, 9.17) is 11.6 Å². The third-order valence-electron chi connectivity index (χ3n) is 5.63. The molecule has 4 rings (SSSR count). The highest BCUT2D eigenvalue weighted by Crippen LogP contribution is 2.26. The Labute approximate surface area is 187 Å². The number of hydrogen-bond donors (Lipinski definition) is 1. The van der Waals surface area contributed by atoms with Gasteiger partial charge in [0.25, 0.3) is 5.91 Å². The first-order valence-electron chi connectivity index (χ1n) is 10.5. The second-order valence-corrected chi connectivity index (χ2v) is 8.05. The molecule has 2 aromatic heterocycles. The van der Waals surface area contributed by atoms with Gasteiger partial charge in [-0.3, -0.25) is 9.78 Å². The number of nitrogens with zero attached hydrogens (tertiary/aromatic N) is 4. The van der Waals surface area contributed by atoms with Gasteiger partial charge in [0.15, 0.2) is 0 Å². The molecule has 0 saturated carbocycles. The van der Waals surface area contributed by atoms with Crippen LogP contribution in [0.3, 0.4) is 0 Å². The standard InChI is InChI=1S/C24H26ClN5O/c1-18-4-2-3-5-19(18)6-11-27-24(31)20-16-22(25)23(28-17-20)30-14-12-29(13-15-30)21-7-9-26-10-8-21/h2-5,7-10,16-17H,6,11-15H2,1H3,(H,27,31). The minimum atomic E-state index is -0.156. The molecule has 7 heteroatoms. The van der Waals surface area contributed by atoms with Crippen LogP contribution < -0.4 is 15.1 Å². The van der Waals surface area contributed by atoms with Crippen molar-refractivity contribution in [3.63, 3.8) is 0 Å². The maximum Gasteiger partial charge on any atom is 0.252 e. The highest BCUT2D eigenvalue weighted by atomic mass is 35.5. The number of halogens is 1. The van der Waals surface area contributed by atoms with Crippen LogP contribution >= 0.6 is 11.6 Å². The van der Waals surface area contributed by atoms with Crippen LogP contribution in [0.25, 0.3) is 0 Å². The second kappa shape index (κ2) is 9.79. The summed E-state index contributed by atoms with van der Waals surface area (Å²) < 4.78 is 0. The van der Waals surface area contributed by atoms with E-state index in [-0.39, 0.29) is 5.91 Å². The number of benzene rings is 1. The molecule has 0 atom stereocenters. The molecule has 6 nitrogen and oxygen atoms in total. The fourth-order valence-electron chi connectivity index (χ4n) is 3.82. The number of anilines is 2. The van der Waals surface area contributed by atoms with Crippen molar-refractivity contribution in [2.75, 3.05) is 42.5 Å². The van der Waals surface area contributed by atoms with E-state index in [2.05, 4.69) is 44.1 Å². The lowest BCUT2D eigenvalue weighted by Crippen LogP contribution is -2.47. The predicted molar refractivity (Wildman–Crippen MR) is 125 cm³/mol. The fraction of sp³-hybridized carbons (Fsp3) is 0.292. The first-order chi connectivity index (χ1) is 15.1. The van der Waals surface area contributed by atoms with Gasteiger partial charge in [0.1, 0.15) is 5.82 Å². The Balaban J connectivity index is 1.32. The molecular formula is C24H26ClN5O. The van der Waals surface area contributed by atoms with Crippen LogP contribution in [0.1, 0.15) is 21.5 Å². The molecule has 1 saturated heterocycles. The van der Waals surface area contributed by atoms with Crippen LogP contribution in [0.5, 0.6) is 0 Å². The lowest BCUT2D eigenvalue weighted by Gasteiger charge is -2.37. The van der Waals surface area contributed by atoms with E-state index in [1.54, 1.807) is 12.3 Å². The number of aromatic nitrogens is 2. The Bertz CT molecular complexity index is 1040. The quantitative estimate of drug-likeness (QED) is 0.639. The molecule has 1 aromatic carbocycles. The van der Waals surface area contributed by atoms with Gasteiger partial charge in [-0.2, -0.15) is 0 Å². The maximum absolute atomic E-state index is 12.5. The van der Waals surface area contributed by atoms with E-state index in [0.29, 0.717) is 17.1 Å². The zero-order chi connectivity index (χ0) is 21.6. The molecule has 1 aliphatic heterocycles. The van der Waals surface area contributed by atoms with E-state index in [1.807, 2.05) is 36.7 Å². The predicted octanol–water partition coefficient (Wildman–Crippen LogP) is 3.74. The van der Waals surface area contributed by atoms with Crippen molar-refractivity contribution in [3.8, 4) is 0 Å². The fourth-order valence-corrected chi connectivity index (χ4v) is 4.11. The van der Waals surface area contributed by atoms with E-state index in [1.165, 1.54) is 16.8 Å². The Morgan fingerprint density at radius 2 is 1.77 bits per heavy atom. The van der Waals surface area contributed by atoms with E-state index < -0.39 is 0 Å². The van der Waals surface area contributed by atoms with Gasteiger partial charge in [-0.05, 0) is 42.7 Å². The molecule has 3 aromatic rings. The smallest absolute Gasteiger partial charge is 0.252 e. The molecule has 1 aliphatic rings. The first kappa shape index (κ1) is 21.1. The summed E-state index contributed by atoms with van der Waals surface area (Å²) in [5.41, 5.74) is 4.12. The van der Waals surface area contributed by atoms with Gasteiger partial charge in [0.2, 0.25) is 0 Å². The Hall–Kier alpha value is -3.12. The van der Waals surface area contributed by atoms with Crippen LogP contribution in [0.15, 0.2) is 61.1 Å². The summed E-state index contributed by atoms with van der Waals surface area (Å²) in [5, 5.41) is 3.47. The van der Waals surface area contributed by atoms with Crippen molar-refractivity contribution in [3.05, 3.63) is 82.8 Å². The van der Waals surface area contributed by atoms with Gasteiger partial charge in [-0.25, -0.2) is 4.98 Å². The average molecular weight is 436 g/mol. The monoisotopic (exact) mass is 435 g/mol. The lowest BCUT2D eigenvalue weighted by atomic mass is 10.1. The van der Waals surface area contributed by atoms with Crippen LogP contribution in [0, 0.1) is 6.92 Å². The van der Waals surface area contributed by atoms with Crippen molar-refractivity contribution < 1.29 is 4.79 Å². The zero-order valence-electron chi connectivity index (χ0n) is 17.6. The van der Waals surface area contributed by atoms with Gasteiger partial charge in [-0.1, -0.05) is 35.9 Å². The summed E-state index contributed by atoms with van der Waals surface area (Å²) in [5.74, 6) is 0.574. The highest BCUT2D eigenvalue weighted by Gasteiger charge is 2.21. The molecule has 1 fully saturated rings. The van der Waals surface area contributed by atoms with Gasteiger partial charge in [0, 0.05) is 57.0 Å². The largest absolute Gasteiger partial charge is 0.368 e. The number of carbonyl (C=O) groups is 1. The minimum Gasteiger partial charge on any atom is -0.368 e. The van der Waals surface area contributed by atoms with Gasteiger partial charge < -0.3 is 15.1 Å². The van der Waals surface area contributed by atoms with Gasteiger partial charge in [0.05, 0.1) is 10.6 Å². The number of pyridine rings is 2. The molecule has 31 heavy (non-hydrogen) atoms. The van der Waals surface area contributed by atoms with Crippen molar-refractivity contribution in [1.82, 2.24) is 15.3 Å². The molecule has 0 unspecified atom stereocenters. The van der Waals surface area contributed by atoms with Crippen molar-refractivity contribution >= 4 is 29.0 Å². The molecule has 3 heterocycles. The number of amides is 1. The maximum atomic E-state index is 12.5. The third kappa shape index (κ3) is 5.14. The highest BCUT2D eigenvalue weighted by molar-refractivity contribution is 6.33. The molecular weight excluding hydrogens is 410 g/mol. The van der Waals surface area contributed by atoms with Crippen molar-refractivity contribution in [2.24, 2.45) is 0 Å². The Morgan fingerprint density at radius 3 is 2.48 bits per heavy atom. The van der Waals surface area contributed by atoms with E-state index >= 15 is 0 Å². The first-order valence-corrected chi connectivity index (χ1v) is 10.9. The Kier molecular flexibility index (Phi) is 6.67.